The van der Waals surface area contributed by atoms with Crippen LogP contribution in [0.1, 0.15) is 24.8 Å². The summed E-state index contributed by atoms with van der Waals surface area (Å²) in [5.74, 6) is 1.11. The fourth-order valence-corrected chi connectivity index (χ4v) is 3.45. The first-order chi connectivity index (χ1) is 15.5. The molecule has 3 heterocycles. The number of piperidine rings is 1. The number of methoxy groups -OCH3 is 1. The van der Waals surface area contributed by atoms with Gasteiger partial charge in [0.15, 0.2) is 0 Å². The van der Waals surface area contributed by atoms with Crippen LogP contribution in [-0.4, -0.2) is 45.6 Å². The molecule has 1 saturated heterocycles. The summed E-state index contributed by atoms with van der Waals surface area (Å²) in [6.45, 7) is 5.59. The quantitative estimate of drug-likeness (QED) is 0.598. The summed E-state index contributed by atoms with van der Waals surface area (Å²) in [6, 6.07) is 7.66. The Morgan fingerprint density at radius 3 is 2.72 bits per heavy atom. The van der Waals surface area contributed by atoms with Crippen molar-refractivity contribution >= 4 is 34.5 Å². The number of hydrogen-bond acceptors (Lipinski definition) is 8. The van der Waals surface area contributed by atoms with Crippen molar-refractivity contribution in [3.63, 3.8) is 0 Å². The van der Waals surface area contributed by atoms with E-state index in [2.05, 4.69) is 31.3 Å². The van der Waals surface area contributed by atoms with Gasteiger partial charge in [-0.1, -0.05) is 6.58 Å². The normalized spacial score (nSPS) is 13.0. The van der Waals surface area contributed by atoms with E-state index in [1.54, 1.807) is 0 Å². The first kappa shape index (κ1) is 22.6. The van der Waals surface area contributed by atoms with Crippen molar-refractivity contribution in [3.05, 3.63) is 42.6 Å². The number of ether oxygens (including phenoxy) is 1. The number of aryl methyl sites for hydroxylation is 1. The number of carbonyl (C=O) groups excluding carboxylic acids is 1. The molecular weight excluding hydrogens is 408 g/mol. The standard InChI is InChI=1S/C16H20N4O.C6H6N4O/c1-3-15(21)17-12-7-8-14-13(11-12)18-16(19(14)2)20-9-5-4-6-10-20;1-11-5-4(2-7)3-9-6(8)10-5/h3,7-8,11H,1,4-6,9-10H2,2H3,(H,17,21);3H,1H3,(H2,8,9,10). The average molecular weight is 435 g/mol. The summed E-state index contributed by atoms with van der Waals surface area (Å²) < 4.78 is 6.89. The highest BCUT2D eigenvalue weighted by atomic mass is 16.5. The molecule has 4 rings (SSSR count). The zero-order valence-corrected chi connectivity index (χ0v) is 18.2. The minimum absolute atomic E-state index is 0.0980. The molecule has 1 amide bonds. The smallest absolute Gasteiger partial charge is 0.247 e. The molecule has 0 saturated carbocycles. The monoisotopic (exact) mass is 434 g/mol. The Kier molecular flexibility index (Phi) is 7.23. The fraction of sp³-hybridized carbons (Fsp3) is 0.318. The predicted molar refractivity (Wildman–Crippen MR) is 123 cm³/mol. The van der Waals surface area contributed by atoms with Gasteiger partial charge < -0.3 is 25.3 Å². The third-order valence-electron chi connectivity index (χ3n) is 5.04. The molecular formula is C22H26N8O2. The number of nitriles is 1. The Balaban J connectivity index is 0.000000222. The first-order valence-corrected chi connectivity index (χ1v) is 10.2. The van der Waals surface area contributed by atoms with Crippen LogP contribution >= 0.6 is 0 Å². The van der Waals surface area contributed by atoms with E-state index in [0.29, 0.717) is 0 Å². The number of nitrogens with zero attached hydrogens (tertiary/aromatic N) is 6. The zero-order valence-electron chi connectivity index (χ0n) is 18.2. The lowest BCUT2D eigenvalue weighted by molar-refractivity contribution is -0.111. The molecule has 3 N–H and O–H groups in total. The van der Waals surface area contributed by atoms with E-state index in [1.807, 2.05) is 31.3 Å². The van der Waals surface area contributed by atoms with Gasteiger partial charge in [-0.2, -0.15) is 10.2 Å². The predicted octanol–water partition coefficient (Wildman–Crippen LogP) is 2.63. The molecule has 0 bridgehead atoms. The van der Waals surface area contributed by atoms with Crippen LogP contribution < -0.4 is 20.7 Å². The topological polar surface area (TPSA) is 135 Å². The molecule has 32 heavy (non-hydrogen) atoms. The average Bonchev–Trinajstić information content (AvgIpc) is 3.15. The van der Waals surface area contributed by atoms with Crippen LogP contribution in [0.3, 0.4) is 0 Å². The van der Waals surface area contributed by atoms with Crippen molar-refractivity contribution in [1.29, 1.82) is 5.26 Å². The second kappa shape index (κ2) is 10.3. The van der Waals surface area contributed by atoms with E-state index in [0.717, 1.165) is 35.8 Å². The lowest BCUT2D eigenvalue weighted by Gasteiger charge is -2.27. The molecule has 1 fully saturated rings. The van der Waals surface area contributed by atoms with Crippen molar-refractivity contribution in [1.82, 2.24) is 19.5 Å². The Labute approximate surface area is 186 Å². The van der Waals surface area contributed by atoms with Gasteiger partial charge in [0.1, 0.15) is 11.6 Å². The highest BCUT2D eigenvalue weighted by molar-refractivity contribution is 6.00. The maximum absolute atomic E-state index is 11.4. The van der Waals surface area contributed by atoms with Crippen LogP contribution in [0.25, 0.3) is 11.0 Å². The summed E-state index contributed by atoms with van der Waals surface area (Å²) in [5.41, 5.74) is 8.25. The minimum Gasteiger partial charge on any atom is -0.480 e. The number of rotatable bonds is 4. The van der Waals surface area contributed by atoms with E-state index < -0.39 is 0 Å². The second-order valence-electron chi connectivity index (χ2n) is 7.18. The number of carbonyl (C=O) groups is 1. The number of hydrogen-bond donors (Lipinski definition) is 2. The summed E-state index contributed by atoms with van der Waals surface area (Å²) >= 11 is 0. The van der Waals surface area contributed by atoms with E-state index in [9.17, 15) is 4.79 Å². The highest BCUT2D eigenvalue weighted by Crippen LogP contribution is 2.26. The van der Waals surface area contributed by atoms with Crippen molar-refractivity contribution in [3.8, 4) is 11.9 Å². The maximum atomic E-state index is 11.4. The van der Waals surface area contributed by atoms with Gasteiger partial charge in [0, 0.05) is 25.8 Å². The van der Waals surface area contributed by atoms with Gasteiger partial charge in [0.2, 0.25) is 23.7 Å². The van der Waals surface area contributed by atoms with Gasteiger partial charge in [0.25, 0.3) is 0 Å². The van der Waals surface area contributed by atoms with Crippen LogP contribution in [0.2, 0.25) is 0 Å². The van der Waals surface area contributed by atoms with Gasteiger partial charge >= 0.3 is 0 Å². The van der Waals surface area contributed by atoms with Crippen LogP contribution in [-0.2, 0) is 11.8 Å². The number of nitrogen functional groups attached to an aromatic ring is 1. The molecule has 1 aromatic carbocycles. The zero-order chi connectivity index (χ0) is 23.1. The van der Waals surface area contributed by atoms with Crippen molar-refractivity contribution in [2.45, 2.75) is 19.3 Å². The molecule has 10 nitrogen and oxygen atoms in total. The lowest BCUT2D eigenvalue weighted by atomic mass is 10.1. The van der Waals surface area contributed by atoms with Crippen LogP contribution in [0.5, 0.6) is 5.88 Å². The second-order valence-corrected chi connectivity index (χ2v) is 7.18. The molecule has 1 aliphatic rings. The maximum Gasteiger partial charge on any atom is 0.247 e. The number of benzene rings is 1. The van der Waals surface area contributed by atoms with Gasteiger partial charge in [-0.3, -0.25) is 4.79 Å². The molecule has 0 atom stereocenters. The van der Waals surface area contributed by atoms with E-state index >= 15 is 0 Å². The molecule has 0 aliphatic carbocycles. The Hall–Kier alpha value is -4.13. The number of anilines is 3. The Morgan fingerprint density at radius 1 is 1.31 bits per heavy atom. The Bertz CT molecular complexity index is 1160. The van der Waals surface area contributed by atoms with Crippen molar-refractivity contribution < 1.29 is 9.53 Å². The third kappa shape index (κ3) is 5.13. The first-order valence-electron chi connectivity index (χ1n) is 10.2. The molecule has 2 aromatic heterocycles. The van der Waals surface area contributed by atoms with Crippen molar-refractivity contribution in [2.75, 3.05) is 36.1 Å². The Morgan fingerprint density at radius 2 is 2.06 bits per heavy atom. The molecule has 166 valence electrons. The van der Waals surface area contributed by atoms with Gasteiger partial charge in [-0.25, -0.2) is 9.97 Å². The number of nitrogens with two attached hydrogens (primary N) is 1. The molecule has 3 aromatic rings. The van der Waals surface area contributed by atoms with Crippen LogP contribution in [0, 0.1) is 11.3 Å². The molecule has 0 spiro atoms. The van der Waals surface area contributed by atoms with Gasteiger partial charge in [-0.15, -0.1) is 0 Å². The van der Waals surface area contributed by atoms with E-state index in [4.69, 9.17) is 20.7 Å². The molecule has 10 heteroatoms. The largest absolute Gasteiger partial charge is 0.480 e. The third-order valence-corrected chi connectivity index (χ3v) is 5.04. The summed E-state index contributed by atoms with van der Waals surface area (Å²) in [6.07, 6.45) is 6.34. The van der Waals surface area contributed by atoms with Crippen LogP contribution in [0.15, 0.2) is 37.1 Å². The summed E-state index contributed by atoms with van der Waals surface area (Å²) in [5, 5.41) is 11.3. The fourth-order valence-electron chi connectivity index (χ4n) is 3.45. The van der Waals surface area contributed by atoms with E-state index in [-0.39, 0.29) is 23.3 Å². The van der Waals surface area contributed by atoms with Crippen molar-refractivity contribution in [2.24, 2.45) is 7.05 Å². The van der Waals surface area contributed by atoms with Gasteiger partial charge in [0.05, 0.1) is 24.3 Å². The molecule has 0 radical (unpaired) electrons. The minimum atomic E-state index is -0.207. The number of fused-ring (bicyclic) bond motifs is 1. The number of imidazole rings is 1. The SMILES string of the molecule is C=CC(=O)Nc1ccc2c(c1)nc(N1CCCCC1)n2C.COc1nc(N)ncc1C#N. The molecule has 0 unspecified atom stereocenters. The highest BCUT2D eigenvalue weighted by Gasteiger charge is 2.17. The number of nitrogens with one attached hydrogen (secondary N) is 1. The van der Waals surface area contributed by atoms with Crippen LogP contribution in [0.4, 0.5) is 17.6 Å². The summed E-state index contributed by atoms with van der Waals surface area (Å²) in [7, 11) is 3.46. The number of amides is 1. The lowest BCUT2D eigenvalue weighted by Crippen LogP contribution is -2.31. The molecule has 1 aliphatic heterocycles. The number of aromatic nitrogens is 4. The van der Waals surface area contributed by atoms with Gasteiger partial charge in [-0.05, 0) is 43.5 Å². The van der Waals surface area contributed by atoms with E-state index in [1.165, 1.54) is 38.6 Å². The summed E-state index contributed by atoms with van der Waals surface area (Å²) in [4.78, 5) is 25.8.